The zero-order valence-corrected chi connectivity index (χ0v) is 16.3. The first-order chi connectivity index (χ1) is 12.9. The molecule has 3 rings (SSSR count). The molecule has 0 radical (unpaired) electrons. The number of benzene rings is 1. The van der Waals surface area contributed by atoms with Gasteiger partial charge in [0.05, 0.1) is 18.1 Å². The number of rotatable bonds is 6. The van der Waals surface area contributed by atoms with Gasteiger partial charge < -0.3 is 4.90 Å². The van der Waals surface area contributed by atoms with E-state index in [1.54, 1.807) is 4.90 Å². The lowest BCUT2D eigenvalue weighted by molar-refractivity contribution is -0.132. The second kappa shape index (κ2) is 8.21. The van der Waals surface area contributed by atoms with Gasteiger partial charge in [-0.25, -0.2) is 13.4 Å². The van der Waals surface area contributed by atoms with Crippen LogP contribution in [-0.4, -0.2) is 59.9 Å². The summed E-state index contributed by atoms with van der Waals surface area (Å²) in [7, 11) is -3.08. The zero-order chi connectivity index (χ0) is 19.4. The van der Waals surface area contributed by atoms with Gasteiger partial charge in [-0.15, -0.1) is 0 Å². The number of carbonyl (C=O) groups excluding carboxylic acids is 2. The minimum absolute atomic E-state index is 0.0126. The van der Waals surface area contributed by atoms with E-state index in [-0.39, 0.29) is 35.8 Å². The van der Waals surface area contributed by atoms with E-state index >= 15 is 0 Å². The van der Waals surface area contributed by atoms with Crippen molar-refractivity contribution in [2.45, 2.75) is 45.2 Å². The Kier molecular flexibility index (Phi) is 5.94. The first-order valence-electron chi connectivity index (χ1n) is 9.33. The summed E-state index contributed by atoms with van der Waals surface area (Å²) < 4.78 is 23.7. The van der Waals surface area contributed by atoms with Gasteiger partial charge in [0.15, 0.2) is 9.84 Å². The molecule has 1 aromatic carbocycles. The predicted octanol–water partition coefficient (Wildman–Crippen LogP) is 1.59. The van der Waals surface area contributed by atoms with Crippen LogP contribution in [-0.2, 0) is 26.0 Å². The molecule has 2 heterocycles. The number of amides is 2. The molecule has 0 N–H and O–H groups in total. The number of sulfone groups is 1. The van der Waals surface area contributed by atoms with Crippen LogP contribution in [0.1, 0.15) is 38.2 Å². The Morgan fingerprint density at radius 2 is 2.00 bits per heavy atom. The van der Waals surface area contributed by atoms with Crippen LogP contribution < -0.4 is 0 Å². The number of carbonyl (C=O) groups is 2. The quantitative estimate of drug-likeness (QED) is 0.737. The SMILES string of the molecule is CCCN(C(=O)C1=NN(Cc2ccccc2)C(=O)CC1)C1CCS(=O)(=O)C1. The molecule has 1 aromatic rings. The molecule has 2 amide bonds. The molecule has 2 aliphatic rings. The Balaban J connectivity index is 1.78. The summed E-state index contributed by atoms with van der Waals surface area (Å²) in [5.74, 6) is -0.222. The lowest BCUT2D eigenvalue weighted by Gasteiger charge is -2.30. The topological polar surface area (TPSA) is 87.1 Å². The highest BCUT2D eigenvalue weighted by molar-refractivity contribution is 7.91. The first kappa shape index (κ1) is 19.5. The van der Waals surface area contributed by atoms with Crippen molar-refractivity contribution in [3.8, 4) is 0 Å². The summed E-state index contributed by atoms with van der Waals surface area (Å²) in [6.45, 7) is 2.77. The van der Waals surface area contributed by atoms with Crippen molar-refractivity contribution in [2.75, 3.05) is 18.1 Å². The van der Waals surface area contributed by atoms with Gasteiger partial charge in [-0.3, -0.25) is 9.59 Å². The highest BCUT2D eigenvalue weighted by atomic mass is 32.2. The summed E-state index contributed by atoms with van der Waals surface area (Å²) in [5, 5.41) is 5.68. The van der Waals surface area contributed by atoms with Crippen LogP contribution in [0.2, 0.25) is 0 Å². The van der Waals surface area contributed by atoms with Crippen molar-refractivity contribution in [3.05, 3.63) is 35.9 Å². The molecule has 1 fully saturated rings. The maximum atomic E-state index is 13.1. The van der Waals surface area contributed by atoms with E-state index in [2.05, 4.69) is 5.10 Å². The standard InChI is InChI=1S/C19H25N3O4S/c1-2-11-21(16-10-12-27(25,26)14-16)19(24)17-8-9-18(23)22(20-17)13-15-6-4-3-5-7-15/h3-7,16H,2,8-14H2,1H3. The van der Waals surface area contributed by atoms with E-state index in [0.717, 1.165) is 12.0 Å². The first-order valence-corrected chi connectivity index (χ1v) is 11.1. The van der Waals surface area contributed by atoms with Gasteiger partial charge in [-0.1, -0.05) is 37.3 Å². The van der Waals surface area contributed by atoms with Gasteiger partial charge in [0.25, 0.3) is 5.91 Å². The van der Waals surface area contributed by atoms with Gasteiger partial charge in [0.2, 0.25) is 5.91 Å². The molecule has 27 heavy (non-hydrogen) atoms. The predicted molar refractivity (Wildman–Crippen MR) is 103 cm³/mol. The van der Waals surface area contributed by atoms with Crippen LogP contribution in [0.15, 0.2) is 35.4 Å². The Bertz CT molecular complexity index is 836. The monoisotopic (exact) mass is 391 g/mol. The van der Waals surface area contributed by atoms with Crippen LogP contribution >= 0.6 is 0 Å². The molecule has 0 aromatic heterocycles. The second-order valence-electron chi connectivity index (χ2n) is 7.04. The van der Waals surface area contributed by atoms with E-state index in [1.165, 1.54) is 5.01 Å². The Morgan fingerprint density at radius 1 is 1.26 bits per heavy atom. The fourth-order valence-corrected chi connectivity index (χ4v) is 5.24. The summed E-state index contributed by atoms with van der Waals surface area (Å²) >= 11 is 0. The molecular formula is C19H25N3O4S. The third-order valence-corrected chi connectivity index (χ3v) is 6.65. The lowest BCUT2D eigenvalue weighted by Crippen LogP contribution is -2.47. The third kappa shape index (κ3) is 4.74. The number of nitrogens with zero attached hydrogens (tertiary/aromatic N) is 3. The van der Waals surface area contributed by atoms with E-state index < -0.39 is 9.84 Å². The van der Waals surface area contributed by atoms with Gasteiger partial charge >= 0.3 is 0 Å². The summed E-state index contributed by atoms with van der Waals surface area (Å²) in [6, 6.07) is 9.20. The molecule has 0 saturated carbocycles. The highest BCUT2D eigenvalue weighted by Crippen LogP contribution is 2.21. The van der Waals surface area contributed by atoms with Crippen molar-refractivity contribution in [1.82, 2.24) is 9.91 Å². The van der Waals surface area contributed by atoms with Gasteiger partial charge in [0, 0.05) is 25.4 Å². The largest absolute Gasteiger partial charge is 0.334 e. The van der Waals surface area contributed by atoms with Crippen LogP contribution in [0.3, 0.4) is 0 Å². The normalized spacial score (nSPS) is 21.8. The molecule has 0 spiro atoms. The van der Waals surface area contributed by atoms with E-state index in [4.69, 9.17) is 0 Å². The van der Waals surface area contributed by atoms with Crippen molar-refractivity contribution >= 4 is 27.4 Å². The molecular weight excluding hydrogens is 366 g/mol. The van der Waals surface area contributed by atoms with Crippen LogP contribution in [0.4, 0.5) is 0 Å². The van der Waals surface area contributed by atoms with Crippen LogP contribution in [0.5, 0.6) is 0 Å². The molecule has 1 unspecified atom stereocenters. The summed E-state index contributed by atoms with van der Waals surface area (Å²) in [4.78, 5) is 26.9. The molecule has 7 nitrogen and oxygen atoms in total. The molecule has 8 heteroatoms. The average Bonchev–Trinajstić information content (AvgIpc) is 3.01. The maximum absolute atomic E-state index is 13.1. The van der Waals surface area contributed by atoms with E-state index in [9.17, 15) is 18.0 Å². The average molecular weight is 391 g/mol. The molecule has 2 aliphatic heterocycles. The van der Waals surface area contributed by atoms with Gasteiger partial charge in [-0.2, -0.15) is 5.10 Å². The highest BCUT2D eigenvalue weighted by Gasteiger charge is 2.36. The van der Waals surface area contributed by atoms with Crippen LogP contribution in [0.25, 0.3) is 0 Å². The minimum atomic E-state index is -3.08. The van der Waals surface area contributed by atoms with E-state index in [1.807, 2.05) is 37.3 Å². The number of hydrogen-bond acceptors (Lipinski definition) is 5. The van der Waals surface area contributed by atoms with Crippen molar-refractivity contribution in [2.24, 2.45) is 5.10 Å². The zero-order valence-electron chi connectivity index (χ0n) is 15.5. The Hall–Kier alpha value is -2.22. The minimum Gasteiger partial charge on any atom is -0.334 e. The third-order valence-electron chi connectivity index (χ3n) is 4.90. The number of hydrazone groups is 1. The van der Waals surface area contributed by atoms with Crippen LogP contribution in [0, 0.1) is 0 Å². The summed E-state index contributed by atoms with van der Waals surface area (Å²) in [6.07, 6.45) is 1.74. The summed E-state index contributed by atoms with van der Waals surface area (Å²) in [5.41, 5.74) is 1.28. The van der Waals surface area contributed by atoms with Crippen molar-refractivity contribution in [1.29, 1.82) is 0 Å². The fourth-order valence-electron chi connectivity index (χ4n) is 3.51. The van der Waals surface area contributed by atoms with Gasteiger partial charge in [-0.05, 0) is 18.4 Å². The molecule has 0 aliphatic carbocycles. The smallest absolute Gasteiger partial charge is 0.270 e. The lowest BCUT2D eigenvalue weighted by atomic mass is 10.1. The van der Waals surface area contributed by atoms with Gasteiger partial charge in [0.1, 0.15) is 5.71 Å². The molecule has 1 atom stereocenters. The van der Waals surface area contributed by atoms with Crippen molar-refractivity contribution in [3.63, 3.8) is 0 Å². The molecule has 0 bridgehead atoms. The molecule has 1 saturated heterocycles. The van der Waals surface area contributed by atoms with E-state index in [0.29, 0.717) is 31.6 Å². The van der Waals surface area contributed by atoms with Crippen molar-refractivity contribution < 1.29 is 18.0 Å². The fraction of sp³-hybridized carbons (Fsp3) is 0.526. The second-order valence-corrected chi connectivity index (χ2v) is 9.27. The Morgan fingerprint density at radius 3 is 2.63 bits per heavy atom. The Labute approximate surface area is 159 Å². The maximum Gasteiger partial charge on any atom is 0.270 e. The molecule has 146 valence electrons. The number of hydrogen-bond donors (Lipinski definition) is 0.